The van der Waals surface area contributed by atoms with Gasteiger partial charge in [-0.05, 0) is 49.1 Å². The molecule has 2 aromatic carbocycles. The van der Waals surface area contributed by atoms with E-state index >= 15 is 0 Å². The van der Waals surface area contributed by atoms with Gasteiger partial charge in [-0.2, -0.15) is 0 Å². The summed E-state index contributed by atoms with van der Waals surface area (Å²) in [5, 5.41) is 0. The average molecular weight is 391 g/mol. The molecule has 1 N–H and O–H groups in total. The van der Waals surface area contributed by atoms with Crippen LogP contribution in [-0.2, 0) is 10.0 Å². The topological polar surface area (TPSA) is 67.9 Å². The minimum Gasteiger partial charge on any atom is -0.493 e. The zero-order valence-corrected chi connectivity index (χ0v) is 16.8. The van der Waals surface area contributed by atoms with Crippen molar-refractivity contribution in [2.45, 2.75) is 18.2 Å². The Balaban J connectivity index is 1.63. The summed E-state index contributed by atoms with van der Waals surface area (Å²) in [6.07, 6.45) is 0.961. The molecule has 27 heavy (non-hydrogen) atoms. The number of nitrogens with one attached hydrogen (secondary N) is 1. The van der Waals surface area contributed by atoms with Crippen LogP contribution in [0.2, 0.25) is 0 Å². The number of ether oxygens (including phenoxy) is 2. The van der Waals surface area contributed by atoms with Crippen molar-refractivity contribution < 1.29 is 17.9 Å². The molecule has 0 aromatic heterocycles. The number of methoxy groups -OCH3 is 2. The van der Waals surface area contributed by atoms with Gasteiger partial charge in [-0.15, -0.1) is 0 Å². The van der Waals surface area contributed by atoms with Gasteiger partial charge in [0.25, 0.3) is 0 Å². The van der Waals surface area contributed by atoms with Crippen LogP contribution < -0.4 is 19.1 Å². The smallest absolute Gasteiger partial charge is 0.240 e. The molecule has 0 aliphatic carbocycles. The molecule has 1 saturated heterocycles. The lowest BCUT2D eigenvalue weighted by molar-refractivity contribution is 0.354. The Morgan fingerprint density at radius 3 is 2.59 bits per heavy atom. The lowest BCUT2D eigenvalue weighted by Crippen LogP contribution is -2.31. The van der Waals surface area contributed by atoms with Crippen molar-refractivity contribution in [3.63, 3.8) is 0 Å². The fraction of sp³-hybridized carbons (Fsp3) is 0.400. The van der Waals surface area contributed by atoms with Crippen molar-refractivity contribution in [1.29, 1.82) is 0 Å². The molecule has 7 heteroatoms. The monoisotopic (exact) mass is 390 g/mol. The van der Waals surface area contributed by atoms with E-state index in [0.29, 0.717) is 18.0 Å². The Kier molecular flexibility index (Phi) is 5.92. The highest BCUT2D eigenvalue weighted by atomic mass is 32.2. The van der Waals surface area contributed by atoms with E-state index in [4.69, 9.17) is 9.47 Å². The normalized spacial score (nSPS) is 17.1. The molecule has 1 fully saturated rings. The van der Waals surface area contributed by atoms with Gasteiger partial charge >= 0.3 is 0 Å². The van der Waals surface area contributed by atoms with E-state index in [2.05, 4.69) is 40.8 Å². The maximum absolute atomic E-state index is 12.6. The number of sulfonamides is 1. The standard InChI is InChI=1S/C20H26N2O4S/c1-15-5-4-6-17(11-15)22-10-9-16(14-22)13-21-27(23,24)18-7-8-19(25-2)20(12-18)26-3/h4-8,11-12,16,21H,9-10,13-14H2,1-3H3. The molecule has 1 atom stereocenters. The molecule has 6 nitrogen and oxygen atoms in total. The van der Waals surface area contributed by atoms with Crippen LogP contribution >= 0.6 is 0 Å². The van der Waals surface area contributed by atoms with Crippen molar-refractivity contribution in [2.75, 3.05) is 38.8 Å². The number of benzene rings is 2. The van der Waals surface area contributed by atoms with Gasteiger partial charge < -0.3 is 14.4 Å². The van der Waals surface area contributed by atoms with E-state index in [9.17, 15) is 8.42 Å². The number of aryl methyl sites for hydroxylation is 1. The minimum absolute atomic E-state index is 0.175. The van der Waals surface area contributed by atoms with E-state index < -0.39 is 10.0 Å². The maximum Gasteiger partial charge on any atom is 0.240 e. The number of anilines is 1. The van der Waals surface area contributed by atoms with Crippen LogP contribution in [0.1, 0.15) is 12.0 Å². The first-order chi connectivity index (χ1) is 12.9. The fourth-order valence-corrected chi connectivity index (χ4v) is 4.48. The minimum atomic E-state index is -3.60. The Morgan fingerprint density at radius 1 is 1.11 bits per heavy atom. The number of rotatable bonds is 7. The van der Waals surface area contributed by atoms with Crippen LogP contribution in [0.3, 0.4) is 0 Å². The molecule has 0 saturated carbocycles. The Bertz CT molecular complexity index is 899. The van der Waals surface area contributed by atoms with Gasteiger partial charge in [0.2, 0.25) is 10.0 Å². The third-order valence-electron chi connectivity index (χ3n) is 4.88. The highest BCUT2D eigenvalue weighted by molar-refractivity contribution is 7.89. The third kappa shape index (κ3) is 4.54. The lowest BCUT2D eigenvalue weighted by atomic mass is 10.1. The summed E-state index contributed by atoms with van der Waals surface area (Å²) in [6, 6.07) is 13.0. The lowest BCUT2D eigenvalue weighted by Gasteiger charge is -2.19. The van der Waals surface area contributed by atoms with Crippen LogP contribution in [0.15, 0.2) is 47.4 Å². The van der Waals surface area contributed by atoms with Crippen molar-refractivity contribution in [1.82, 2.24) is 4.72 Å². The van der Waals surface area contributed by atoms with Crippen LogP contribution in [0.5, 0.6) is 11.5 Å². The first-order valence-corrected chi connectivity index (χ1v) is 10.4. The molecule has 1 unspecified atom stereocenters. The first kappa shape index (κ1) is 19.5. The van der Waals surface area contributed by atoms with Gasteiger partial charge in [-0.25, -0.2) is 13.1 Å². The van der Waals surface area contributed by atoms with Crippen LogP contribution in [0, 0.1) is 12.8 Å². The number of hydrogen-bond acceptors (Lipinski definition) is 5. The van der Waals surface area contributed by atoms with Gasteiger partial charge in [0.15, 0.2) is 11.5 Å². The van der Waals surface area contributed by atoms with E-state index in [1.54, 1.807) is 6.07 Å². The SMILES string of the molecule is COc1ccc(S(=O)(=O)NCC2CCN(c3cccc(C)c3)C2)cc1OC. The van der Waals surface area contributed by atoms with Gasteiger partial charge in [0, 0.05) is 31.4 Å². The number of hydrogen-bond donors (Lipinski definition) is 1. The van der Waals surface area contributed by atoms with Gasteiger partial charge in [0.05, 0.1) is 19.1 Å². The molecule has 1 aliphatic rings. The van der Waals surface area contributed by atoms with Crippen molar-refractivity contribution in [3.8, 4) is 11.5 Å². The summed E-state index contributed by atoms with van der Waals surface area (Å²) >= 11 is 0. The summed E-state index contributed by atoms with van der Waals surface area (Å²) < 4.78 is 38.4. The summed E-state index contributed by atoms with van der Waals surface area (Å²) in [5.41, 5.74) is 2.42. The number of nitrogens with zero attached hydrogens (tertiary/aromatic N) is 1. The second-order valence-electron chi connectivity index (χ2n) is 6.81. The van der Waals surface area contributed by atoms with Crippen LogP contribution in [0.25, 0.3) is 0 Å². The predicted molar refractivity (Wildman–Crippen MR) is 106 cm³/mol. The molecule has 146 valence electrons. The van der Waals surface area contributed by atoms with Gasteiger partial charge in [-0.3, -0.25) is 0 Å². The second kappa shape index (κ2) is 8.19. The molecule has 1 heterocycles. The van der Waals surface area contributed by atoms with Crippen LogP contribution in [0.4, 0.5) is 5.69 Å². The van der Waals surface area contributed by atoms with Gasteiger partial charge in [0.1, 0.15) is 0 Å². The van der Waals surface area contributed by atoms with Crippen LogP contribution in [-0.4, -0.2) is 42.3 Å². The highest BCUT2D eigenvalue weighted by Crippen LogP contribution is 2.29. The zero-order chi connectivity index (χ0) is 19.4. The fourth-order valence-electron chi connectivity index (χ4n) is 3.35. The largest absolute Gasteiger partial charge is 0.493 e. The quantitative estimate of drug-likeness (QED) is 0.787. The molecule has 1 aliphatic heterocycles. The summed E-state index contributed by atoms with van der Waals surface area (Å²) in [6.45, 7) is 4.28. The second-order valence-corrected chi connectivity index (χ2v) is 8.58. The summed E-state index contributed by atoms with van der Waals surface area (Å²) in [5.74, 6) is 1.17. The van der Waals surface area contributed by atoms with Crippen molar-refractivity contribution in [3.05, 3.63) is 48.0 Å². The maximum atomic E-state index is 12.6. The molecule has 0 amide bonds. The predicted octanol–water partition coefficient (Wildman–Crippen LogP) is 2.82. The Hall–Kier alpha value is -2.25. The van der Waals surface area contributed by atoms with E-state index in [0.717, 1.165) is 19.5 Å². The summed E-state index contributed by atoms with van der Waals surface area (Å²) in [7, 11) is -0.594. The highest BCUT2D eigenvalue weighted by Gasteiger charge is 2.25. The van der Waals surface area contributed by atoms with Crippen molar-refractivity contribution in [2.24, 2.45) is 5.92 Å². The molecule has 3 rings (SSSR count). The van der Waals surface area contributed by atoms with E-state index in [-0.39, 0.29) is 10.8 Å². The summed E-state index contributed by atoms with van der Waals surface area (Å²) in [4.78, 5) is 2.48. The molecule has 0 radical (unpaired) electrons. The van der Waals surface area contributed by atoms with E-state index in [1.807, 2.05) is 0 Å². The first-order valence-electron chi connectivity index (χ1n) is 8.96. The molecule has 2 aromatic rings. The Labute approximate surface area is 161 Å². The molecular weight excluding hydrogens is 364 g/mol. The average Bonchev–Trinajstić information content (AvgIpc) is 3.15. The molecule has 0 spiro atoms. The molecular formula is C20H26N2O4S. The van der Waals surface area contributed by atoms with Gasteiger partial charge in [-0.1, -0.05) is 12.1 Å². The Morgan fingerprint density at radius 2 is 1.89 bits per heavy atom. The zero-order valence-electron chi connectivity index (χ0n) is 15.9. The third-order valence-corrected chi connectivity index (χ3v) is 6.30. The van der Waals surface area contributed by atoms with E-state index in [1.165, 1.54) is 37.6 Å². The molecule has 0 bridgehead atoms. The van der Waals surface area contributed by atoms with Crippen molar-refractivity contribution >= 4 is 15.7 Å².